The van der Waals surface area contributed by atoms with Crippen LogP contribution in [0.4, 0.5) is 10.6 Å². The van der Waals surface area contributed by atoms with Crippen LogP contribution in [0, 0.1) is 0 Å². The number of nitrogens with one attached hydrogen (secondary N) is 2. The van der Waals surface area contributed by atoms with Gasteiger partial charge in [0, 0.05) is 31.2 Å². The summed E-state index contributed by atoms with van der Waals surface area (Å²) in [6.07, 6.45) is 6.14. The van der Waals surface area contributed by atoms with Crippen LogP contribution in [0.5, 0.6) is 0 Å². The number of hydrogen-bond donors (Lipinski definition) is 3. The second-order valence-corrected chi connectivity index (χ2v) is 8.13. The van der Waals surface area contributed by atoms with Gasteiger partial charge in [-0.2, -0.15) is 0 Å². The van der Waals surface area contributed by atoms with Gasteiger partial charge >= 0.3 is 6.03 Å². The van der Waals surface area contributed by atoms with Crippen LogP contribution in [0.2, 0.25) is 0 Å². The second-order valence-electron chi connectivity index (χ2n) is 7.01. The number of nitrogens with two attached hydrogens (primary N) is 1. The van der Waals surface area contributed by atoms with E-state index in [0.717, 1.165) is 66.4 Å². The van der Waals surface area contributed by atoms with Crippen LogP contribution >= 0.6 is 0 Å². The average Bonchev–Trinajstić information content (AvgIpc) is 3.05. The highest BCUT2D eigenvalue weighted by Gasteiger charge is 2.16. The Bertz CT molecular complexity index is 1030. The van der Waals surface area contributed by atoms with Gasteiger partial charge in [-0.15, -0.1) is 0 Å². The quantitative estimate of drug-likeness (QED) is 0.464. The topological polar surface area (TPSA) is 115 Å². The summed E-state index contributed by atoms with van der Waals surface area (Å²) in [6.45, 7) is 3.47. The number of nitrogen functional groups attached to an aromatic ring is 1. The fourth-order valence-corrected chi connectivity index (χ4v) is 3.77. The number of hydrogen-bond acceptors (Lipinski definition) is 5. The van der Waals surface area contributed by atoms with Gasteiger partial charge in [0.2, 0.25) is 0 Å². The molecule has 2 heterocycles. The first-order valence-corrected chi connectivity index (χ1v) is 11.5. The van der Waals surface area contributed by atoms with Gasteiger partial charge in [0.1, 0.15) is 22.3 Å². The number of carbonyl (C=O) groups is 1. The van der Waals surface area contributed by atoms with Crippen LogP contribution in [0.25, 0.3) is 21.9 Å². The van der Waals surface area contributed by atoms with E-state index in [0.29, 0.717) is 12.4 Å². The molecule has 0 aliphatic carbocycles. The minimum Gasteiger partial charge on any atom is -0.382 e. The standard InChI is InChI=1S/C20H28N6O2S/c1-3-4-11-16-24-17-18(14-9-5-6-10-15(14)23-19(17)21)26(16)13-8-7-12-22-20(27)25-29(2)28/h5-6,9-10H,3-4,7-8,11-13H2,1-2H3,(H2,21,23)(H2,22,25,27). The highest BCUT2D eigenvalue weighted by Crippen LogP contribution is 2.29. The van der Waals surface area contributed by atoms with E-state index in [1.165, 1.54) is 6.26 Å². The van der Waals surface area contributed by atoms with Gasteiger partial charge in [-0.1, -0.05) is 31.5 Å². The molecule has 29 heavy (non-hydrogen) atoms. The number of imidazole rings is 1. The van der Waals surface area contributed by atoms with Crippen molar-refractivity contribution in [3.8, 4) is 0 Å². The van der Waals surface area contributed by atoms with E-state index < -0.39 is 17.0 Å². The largest absolute Gasteiger partial charge is 0.382 e. The van der Waals surface area contributed by atoms with Gasteiger partial charge in [0.25, 0.3) is 0 Å². The monoisotopic (exact) mass is 416 g/mol. The van der Waals surface area contributed by atoms with E-state index in [2.05, 4.69) is 32.6 Å². The van der Waals surface area contributed by atoms with E-state index in [4.69, 9.17) is 10.7 Å². The van der Waals surface area contributed by atoms with Crippen molar-refractivity contribution in [1.82, 2.24) is 24.6 Å². The average molecular weight is 417 g/mol. The predicted molar refractivity (Wildman–Crippen MR) is 118 cm³/mol. The summed E-state index contributed by atoms with van der Waals surface area (Å²) in [6, 6.07) is 7.58. The molecule has 0 spiro atoms. The Kier molecular flexibility index (Phi) is 7.03. The Morgan fingerprint density at radius 2 is 2.00 bits per heavy atom. The summed E-state index contributed by atoms with van der Waals surface area (Å²) in [4.78, 5) is 20.9. The van der Waals surface area contributed by atoms with E-state index in [1.54, 1.807) is 0 Å². The number of fused-ring (bicyclic) bond motifs is 3. The first-order chi connectivity index (χ1) is 14.0. The third-order valence-corrected chi connectivity index (χ3v) is 5.25. The number of benzene rings is 1. The Balaban J connectivity index is 1.81. The lowest BCUT2D eigenvalue weighted by atomic mass is 10.2. The van der Waals surface area contributed by atoms with Gasteiger partial charge in [-0.05, 0) is 25.3 Å². The molecule has 3 aromatic rings. The maximum Gasteiger partial charge on any atom is 0.326 e. The molecule has 4 N–H and O–H groups in total. The lowest BCUT2D eigenvalue weighted by molar-refractivity contribution is 0.246. The zero-order chi connectivity index (χ0) is 20.8. The Labute approximate surface area is 172 Å². The van der Waals surface area contributed by atoms with E-state index >= 15 is 0 Å². The SMILES string of the molecule is CCCCc1nc2c(N)nc3ccccc3c2n1CCCCNC(=O)NS(C)=O. The predicted octanol–water partition coefficient (Wildman–Crippen LogP) is 2.88. The van der Waals surface area contributed by atoms with Crippen molar-refractivity contribution < 1.29 is 9.00 Å². The number of rotatable bonds is 9. The fraction of sp³-hybridized carbons (Fsp3) is 0.450. The van der Waals surface area contributed by atoms with Crippen LogP contribution in [0.3, 0.4) is 0 Å². The van der Waals surface area contributed by atoms with Crippen molar-refractivity contribution in [3.63, 3.8) is 0 Å². The van der Waals surface area contributed by atoms with Crippen LogP contribution in [-0.4, -0.2) is 37.6 Å². The highest BCUT2D eigenvalue weighted by atomic mass is 32.2. The molecule has 9 heteroatoms. The summed E-state index contributed by atoms with van der Waals surface area (Å²) in [5.74, 6) is 1.49. The Morgan fingerprint density at radius 1 is 1.21 bits per heavy atom. The van der Waals surface area contributed by atoms with Crippen molar-refractivity contribution in [2.75, 3.05) is 18.5 Å². The van der Waals surface area contributed by atoms with Gasteiger partial charge in [-0.3, -0.25) is 4.72 Å². The summed E-state index contributed by atoms with van der Waals surface area (Å²) in [5.41, 5.74) is 8.88. The zero-order valence-electron chi connectivity index (χ0n) is 16.9. The number of carbonyl (C=O) groups excluding carboxylic acids is 1. The molecule has 3 rings (SSSR count). The van der Waals surface area contributed by atoms with Crippen molar-refractivity contribution in [2.45, 2.75) is 45.6 Å². The van der Waals surface area contributed by atoms with Gasteiger partial charge < -0.3 is 15.6 Å². The first-order valence-electron chi connectivity index (χ1n) is 9.92. The highest BCUT2D eigenvalue weighted by molar-refractivity contribution is 7.82. The Morgan fingerprint density at radius 3 is 2.76 bits per heavy atom. The van der Waals surface area contributed by atoms with Crippen LogP contribution in [-0.2, 0) is 24.0 Å². The van der Waals surface area contributed by atoms with Gasteiger partial charge in [-0.25, -0.2) is 19.0 Å². The molecule has 1 aromatic carbocycles. The molecule has 0 saturated carbocycles. The molecule has 8 nitrogen and oxygen atoms in total. The molecule has 0 radical (unpaired) electrons. The molecule has 1 atom stereocenters. The normalized spacial score (nSPS) is 12.3. The number of pyridine rings is 1. The number of aryl methyl sites for hydroxylation is 2. The van der Waals surface area contributed by atoms with Crippen molar-refractivity contribution >= 4 is 44.8 Å². The van der Waals surface area contributed by atoms with Crippen molar-refractivity contribution in [1.29, 1.82) is 0 Å². The number of nitrogens with zero attached hydrogens (tertiary/aromatic N) is 3. The zero-order valence-corrected chi connectivity index (χ0v) is 17.7. The maximum absolute atomic E-state index is 11.5. The summed E-state index contributed by atoms with van der Waals surface area (Å²) in [7, 11) is -1.36. The van der Waals surface area contributed by atoms with E-state index in [1.807, 2.05) is 18.2 Å². The minimum atomic E-state index is -1.36. The molecule has 2 aromatic heterocycles. The molecule has 0 saturated heterocycles. The summed E-state index contributed by atoms with van der Waals surface area (Å²) >= 11 is 0. The molecule has 1 unspecified atom stereocenters. The first kappa shape index (κ1) is 21.0. The smallest absolute Gasteiger partial charge is 0.326 e. The number of para-hydroxylation sites is 1. The van der Waals surface area contributed by atoms with Crippen LogP contribution in [0.1, 0.15) is 38.4 Å². The molecule has 0 fully saturated rings. The number of urea groups is 1. The molecule has 0 aliphatic heterocycles. The lowest BCUT2D eigenvalue weighted by Crippen LogP contribution is -2.36. The van der Waals surface area contributed by atoms with Crippen molar-refractivity contribution in [2.24, 2.45) is 0 Å². The number of unbranched alkanes of at least 4 members (excludes halogenated alkanes) is 2. The third-order valence-electron chi connectivity index (χ3n) is 4.77. The molecule has 0 bridgehead atoms. The minimum absolute atomic E-state index is 0.410. The maximum atomic E-state index is 11.5. The lowest BCUT2D eigenvalue weighted by Gasteiger charge is -2.11. The molecular weight excluding hydrogens is 388 g/mol. The Hall–Kier alpha value is -2.68. The molecule has 0 aliphatic rings. The third kappa shape index (κ3) is 5.03. The van der Waals surface area contributed by atoms with Crippen LogP contribution in [0.15, 0.2) is 24.3 Å². The number of aromatic nitrogens is 3. The summed E-state index contributed by atoms with van der Waals surface area (Å²) in [5, 5.41) is 3.77. The second kappa shape index (κ2) is 9.69. The number of amides is 2. The fourth-order valence-electron chi connectivity index (χ4n) is 3.43. The van der Waals surface area contributed by atoms with E-state index in [9.17, 15) is 9.00 Å². The van der Waals surface area contributed by atoms with Gasteiger partial charge in [0.05, 0.1) is 11.0 Å². The summed E-state index contributed by atoms with van der Waals surface area (Å²) < 4.78 is 15.6. The molecule has 2 amide bonds. The number of anilines is 1. The van der Waals surface area contributed by atoms with Gasteiger partial charge in [0.15, 0.2) is 5.82 Å². The van der Waals surface area contributed by atoms with Crippen LogP contribution < -0.4 is 15.8 Å². The van der Waals surface area contributed by atoms with Crippen molar-refractivity contribution in [3.05, 3.63) is 30.1 Å². The molecule has 156 valence electrons. The van der Waals surface area contributed by atoms with E-state index in [-0.39, 0.29) is 0 Å². The molecular formula is C20H28N6O2S.